The summed E-state index contributed by atoms with van der Waals surface area (Å²) in [5.41, 5.74) is 8.04. The highest BCUT2D eigenvalue weighted by Crippen LogP contribution is 2.46. The summed E-state index contributed by atoms with van der Waals surface area (Å²) < 4.78 is 0. The van der Waals surface area contributed by atoms with Crippen LogP contribution in [0, 0.1) is 13.8 Å². The van der Waals surface area contributed by atoms with Crippen molar-refractivity contribution in [1.82, 2.24) is 0 Å². The largest absolute Gasteiger partial charge is 0.507 e. The molecule has 0 amide bonds. The molecule has 0 aliphatic carbocycles. The lowest BCUT2D eigenvalue weighted by Gasteiger charge is -2.33. The fraction of sp³-hybridized carbons (Fsp3) is 0.613. The van der Waals surface area contributed by atoms with Crippen molar-refractivity contribution < 1.29 is 10.2 Å². The Hall–Kier alpha value is -1.96. The SMILES string of the molecule is Cc1cc(C(C)(C)C)c(O)c(C(C)(C)C)c1Cc1c(C)cc(C(C)(C)C)c(O)c1C(C)(C)C. The van der Waals surface area contributed by atoms with Crippen LogP contribution in [0.3, 0.4) is 0 Å². The van der Waals surface area contributed by atoms with E-state index >= 15 is 0 Å². The van der Waals surface area contributed by atoms with Gasteiger partial charge in [0.1, 0.15) is 11.5 Å². The molecule has 2 aromatic rings. The van der Waals surface area contributed by atoms with Crippen LogP contribution in [0.15, 0.2) is 12.1 Å². The molecule has 0 aliphatic heterocycles. The molecule has 2 nitrogen and oxygen atoms in total. The van der Waals surface area contributed by atoms with E-state index in [0.29, 0.717) is 17.9 Å². The number of hydrogen-bond donors (Lipinski definition) is 2. The number of rotatable bonds is 2. The fourth-order valence-corrected chi connectivity index (χ4v) is 5.09. The minimum Gasteiger partial charge on any atom is -0.507 e. The average Bonchev–Trinajstić information content (AvgIpc) is 2.56. The molecule has 0 bridgehead atoms. The second kappa shape index (κ2) is 8.36. The molecule has 0 aliphatic rings. The lowest BCUT2D eigenvalue weighted by atomic mass is 9.72. The van der Waals surface area contributed by atoms with E-state index in [0.717, 1.165) is 22.3 Å². The summed E-state index contributed by atoms with van der Waals surface area (Å²) in [6.45, 7) is 30.3. The lowest BCUT2D eigenvalue weighted by molar-refractivity contribution is 0.419. The molecule has 2 heteroatoms. The summed E-state index contributed by atoms with van der Waals surface area (Å²) >= 11 is 0. The van der Waals surface area contributed by atoms with E-state index in [9.17, 15) is 10.2 Å². The Balaban J connectivity index is 2.95. The highest BCUT2D eigenvalue weighted by molar-refractivity contribution is 5.60. The zero-order valence-corrected chi connectivity index (χ0v) is 23.8. The quantitative estimate of drug-likeness (QED) is 0.479. The monoisotopic (exact) mass is 452 g/mol. The van der Waals surface area contributed by atoms with Gasteiger partial charge in [-0.05, 0) is 75.3 Å². The molecule has 184 valence electrons. The molecule has 33 heavy (non-hydrogen) atoms. The Bertz CT molecular complexity index is 958. The van der Waals surface area contributed by atoms with E-state index in [2.05, 4.69) is 109 Å². The molecule has 0 unspecified atom stereocenters. The molecule has 0 fully saturated rings. The summed E-state index contributed by atoms with van der Waals surface area (Å²) in [6, 6.07) is 4.32. The molecule has 0 aromatic heterocycles. The van der Waals surface area contributed by atoms with Crippen LogP contribution >= 0.6 is 0 Å². The Kier molecular flexibility index (Phi) is 6.91. The summed E-state index contributed by atoms with van der Waals surface area (Å²) in [4.78, 5) is 0. The van der Waals surface area contributed by atoms with Gasteiger partial charge >= 0.3 is 0 Å². The summed E-state index contributed by atoms with van der Waals surface area (Å²) in [5, 5.41) is 23.0. The predicted molar refractivity (Wildman–Crippen MR) is 143 cm³/mol. The van der Waals surface area contributed by atoms with Crippen LogP contribution in [0.4, 0.5) is 0 Å². The highest BCUT2D eigenvalue weighted by Gasteiger charge is 2.33. The van der Waals surface area contributed by atoms with E-state index in [4.69, 9.17) is 0 Å². The lowest BCUT2D eigenvalue weighted by Crippen LogP contribution is -2.23. The van der Waals surface area contributed by atoms with Crippen LogP contribution in [0.2, 0.25) is 0 Å². The number of phenolic OH excluding ortho intramolecular Hbond substituents is 2. The minimum absolute atomic E-state index is 0.146. The topological polar surface area (TPSA) is 40.5 Å². The third kappa shape index (κ3) is 5.42. The molecule has 2 N–H and O–H groups in total. The minimum atomic E-state index is -0.214. The van der Waals surface area contributed by atoms with Gasteiger partial charge in [-0.15, -0.1) is 0 Å². The van der Waals surface area contributed by atoms with Gasteiger partial charge in [-0.1, -0.05) is 95.2 Å². The Morgan fingerprint density at radius 1 is 0.515 bits per heavy atom. The Morgan fingerprint density at radius 2 is 0.788 bits per heavy atom. The molecule has 0 atom stereocenters. The van der Waals surface area contributed by atoms with Crippen molar-refractivity contribution in [2.45, 2.75) is 125 Å². The molecule has 0 heterocycles. The van der Waals surface area contributed by atoms with E-state index < -0.39 is 0 Å². The number of hydrogen-bond acceptors (Lipinski definition) is 2. The van der Waals surface area contributed by atoms with E-state index in [1.54, 1.807) is 0 Å². The van der Waals surface area contributed by atoms with Crippen LogP contribution in [0.1, 0.15) is 128 Å². The molecular formula is C31H48O2. The number of aromatic hydroxyl groups is 2. The van der Waals surface area contributed by atoms with E-state index in [1.165, 1.54) is 22.3 Å². The van der Waals surface area contributed by atoms with Crippen molar-refractivity contribution in [3.8, 4) is 11.5 Å². The highest BCUT2D eigenvalue weighted by atomic mass is 16.3. The summed E-state index contributed by atoms with van der Waals surface area (Å²) in [7, 11) is 0. The molecule has 2 rings (SSSR count). The molecule has 0 saturated heterocycles. The zero-order valence-electron chi connectivity index (χ0n) is 23.8. The summed E-state index contributed by atoms with van der Waals surface area (Å²) in [6.07, 6.45) is 0.687. The average molecular weight is 453 g/mol. The second-order valence-electron chi connectivity index (χ2n) is 14.1. The maximum Gasteiger partial charge on any atom is 0.123 e. The molecular weight excluding hydrogens is 404 g/mol. The third-order valence-electron chi connectivity index (χ3n) is 6.73. The van der Waals surface area contributed by atoms with Crippen molar-refractivity contribution in [1.29, 1.82) is 0 Å². The number of phenols is 2. The molecule has 0 radical (unpaired) electrons. The van der Waals surface area contributed by atoms with Crippen molar-refractivity contribution in [3.63, 3.8) is 0 Å². The zero-order chi connectivity index (χ0) is 25.9. The number of aryl methyl sites for hydroxylation is 2. The van der Waals surface area contributed by atoms with E-state index in [-0.39, 0.29) is 21.7 Å². The maximum absolute atomic E-state index is 11.5. The molecule has 0 saturated carbocycles. The maximum atomic E-state index is 11.5. The third-order valence-corrected chi connectivity index (χ3v) is 6.73. The first-order valence-electron chi connectivity index (χ1n) is 12.3. The molecule has 2 aromatic carbocycles. The first-order valence-corrected chi connectivity index (χ1v) is 12.3. The van der Waals surface area contributed by atoms with Gasteiger partial charge in [-0.25, -0.2) is 0 Å². The summed E-state index contributed by atoms with van der Waals surface area (Å²) in [5.74, 6) is 0.835. The van der Waals surface area contributed by atoms with Crippen LogP contribution in [-0.4, -0.2) is 10.2 Å². The van der Waals surface area contributed by atoms with Gasteiger partial charge in [-0.2, -0.15) is 0 Å². The van der Waals surface area contributed by atoms with Gasteiger partial charge in [-0.3, -0.25) is 0 Å². The van der Waals surface area contributed by atoms with Crippen LogP contribution in [-0.2, 0) is 28.1 Å². The van der Waals surface area contributed by atoms with Crippen LogP contribution < -0.4 is 0 Å². The van der Waals surface area contributed by atoms with Gasteiger partial charge in [0, 0.05) is 11.1 Å². The smallest absolute Gasteiger partial charge is 0.123 e. The van der Waals surface area contributed by atoms with Gasteiger partial charge in [0.2, 0.25) is 0 Å². The van der Waals surface area contributed by atoms with Gasteiger partial charge < -0.3 is 10.2 Å². The van der Waals surface area contributed by atoms with Crippen LogP contribution in [0.25, 0.3) is 0 Å². The van der Waals surface area contributed by atoms with Gasteiger partial charge in [0.15, 0.2) is 0 Å². The first kappa shape index (κ1) is 27.3. The fourth-order valence-electron chi connectivity index (χ4n) is 5.09. The van der Waals surface area contributed by atoms with Crippen molar-refractivity contribution in [3.05, 3.63) is 56.6 Å². The Morgan fingerprint density at radius 3 is 1.00 bits per heavy atom. The first-order chi connectivity index (χ1) is 14.6. The van der Waals surface area contributed by atoms with Gasteiger partial charge in [0.05, 0.1) is 0 Å². The number of benzene rings is 2. The normalized spacial score (nSPS) is 13.5. The van der Waals surface area contributed by atoms with Crippen LogP contribution in [0.5, 0.6) is 11.5 Å². The van der Waals surface area contributed by atoms with Gasteiger partial charge in [0.25, 0.3) is 0 Å². The predicted octanol–water partition coefficient (Wildman–Crippen LogP) is 8.50. The molecule has 0 spiro atoms. The standard InChI is InChI=1S/C31H48O2/c1-18-15-22(28(3,4)5)26(32)24(30(9,10)11)20(18)17-21-19(2)16-23(29(6,7)8)27(33)25(21)31(12,13)14/h15-16,32-33H,17H2,1-14H3. The van der Waals surface area contributed by atoms with Crippen molar-refractivity contribution >= 4 is 0 Å². The second-order valence-corrected chi connectivity index (χ2v) is 14.1. The van der Waals surface area contributed by atoms with Crippen molar-refractivity contribution in [2.75, 3.05) is 0 Å². The van der Waals surface area contributed by atoms with E-state index in [1.807, 2.05) is 0 Å². The van der Waals surface area contributed by atoms with Crippen molar-refractivity contribution in [2.24, 2.45) is 0 Å². The Labute approximate surface area is 203 Å².